The Morgan fingerprint density at radius 2 is 1.74 bits per heavy atom. The summed E-state index contributed by atoms with van der Waals surface area (Å²) in [6, 6.07) is 10.9. The lowest BCUT2D eigenvalue weighted by atomic mass is 10.2. The summed E-state index contributed by atoms with van der Waals surface area (Å²) in [6.07, 6.45) is 0. The van der Waals surface area contributed by atoms with E-state index >= 15 is 0 Å². The monoisotopic (exact) mass is 446 g/mol. The Kier molecular flexibility index (Phi) is 6.88. The van der Waals surface area contributed by atoms with Crippen molar-refractivity contribution in [2.75, 3.05) is 35.4 Å². The first-order chi connectivity index (χ1) is 14.7. The summed E-state index contributed by atoms with van der Waals surface area (Å²) in [5, 5.41) is 0. The van der Waals surface area contributed by atoms with Gasteiger partial charge in [0, 0.05) is 38.8 Å². The lowest BCUT2D eigenvalue weighted by Crippen LogP contribution is -2.22. The molecule has 0 unspecified atom stereocenters. The standard InChI is InChI=1S/C22H30N4O4S/c1-7-26-20-11-10-18(31(27,28)24(2)3)13-19(20)23-22(26)15-25(4)14-16-8-9-17(29-5)12-21(16)30-6/h8-13H,7,14-15H2,1-6H3. The van der Waals surface area contributed by atoms with Crippen LogP contribution in [0.4, 0.5) is 0 Å². The largest absolute Gasteiger partial charge is 0.497 e. The predicted octanol–water partition coefficient (Wildman–Crippen LogP) is 2.96. The van der Waals surface area contributed by atoms with E-state index in [-0.39, 0.29) is 4.90 Å². The second kappa shape index (κ2) is 9.25. The van der Waals surface area contributed by atoms with Gasteiger partial charge in [-0.05, 0) is 38.2 Å². The van der Waals surface area contributed by atoms with E-state index in [9.17, 15) is 8.42 Å². The number of methoxy groups -OCH3 is 2. The molecule has 0 aliphatic carbocycles. The number of sulfonamides is 1. The minimum absolute atomic E-state index is 0.244. The molecular formula is C22H30N4O4S. The number of nitrogens with zero attached hydrogens (tertiary/aromatic N) is 4. The van der Waals surface area contributed by atoms with E-state index < -0.39 is 10.0 Å². The molecule has 0 atom stereocenters. The summed E-state index contributed by atoms with van der Waals surface area (Å²) >= 11 is 0. The van der Waals surface area contributed by atoms with Crippen LogP contribution in [0.1, 0.15) is 18.3 Å². The lowest BCUT2D eigenvalue weighted by molar-refractivity contribution is 0.298. The quantitative estimate of drug-likeness (QED) is 0.503. The van der Waals surface area contributed by atoms with Crippen molar-refractivity contribution in [1.82, 2.24) is 18.8 Å². The maximum Gasteiger partial charge on any atom is 0.242 e. The summed E-state index contributed by atoms with van der Waals surface area (Å²) < 4.78 is 39.1. The molecule has 0 saturated carbocycles. The fourth-order valence-corrected chi connectivity index (χ4v) is 4.50. The van der Waals surface area contributed by atoms with Crippen molar-refractivity contribution in [1.29, 1.82) is 0 Å². The summed E-state index contributed by atoms with van der Waals surface area (Å²) in [5.74, 6) is 2.40. The average molecular weight is 447 g/mol. The summed E-state index contributed by atoms with van der Waals surface area (Å²) in [7, 11) is 4.84. The molecule has 0 fully saturated rings. The first kappa shape index (κ1) is 23.1. The summed E-state index contributed by atoms with van der Waals surface area (Å²) in [5.41, 5.74) is 2.64. The van der Waals surface area contributed by atoms with Crippen molar-refractivity contribution in [3.8, 4) is 11.5 Å². The minimum atomic E-state index is -3.51. The van der Waals surface area contributed by atoms with E-state index in [1.54, 1.807) is 26.4 Å². The first-order valence-corrected chi connectivity index (χ1v) is 11.5. The molecule has 0 saturated heterocycles. The van der Waals surface area contributed by atoms with E-state index in [1.165, 1.54) is 18.4 Å². The normalized spacial score (nSPS) is 12.1. The Bertz CT molecular complexity index is 1170. The number of aryl methyl sites for hydroxylation is 1. The molecule has 31 heavy (non-hydrogen) atoms. The second-order valence-corrected chi connectivity index (χ2v) is 9.71. The molecule has 1 heterocycles. The number of hydrogen-bond donors (Lipinski definition) is 0. The van der Waals surface area contributed by atoms with E-state index in [0.717, 1.165) is 34.9 Å². The molecule has 0 N–H and O–H groups in total. The van der Waals surface area contributed by atoms with E-state index in [0.29, 0.717) is 18.6 Å². The molecule has 3 aromatic rings. The number of hydrogen-bond acceptors (Lipinski definition) is 6. The molecule has 1 aromatic heterocycles. The van der Waals surface area contributed by atoms with Crippen LogP contribution >= 0.6 is 0 Å². The van der Waals surface area contributed by atoms with Gasteiger partial charge in [-0.3, -0.25) is 4.90 Å². The average Bonchev–Trinajstić information content (AvgIpc) is 3.09. The smallest absolute Gasteiger partial charge is 0.242 e. The van der Waals surface area contributed by atoms with Gasteiger partial charge < -0.3 is 14.0 Å². The molecular weight excluding hydrogens is 416 g/mol. The van der Waals surface area contributed by atoms with Gasteiger partial charge >= 0.3 is 0 Å². The van der Waals surface area contributed by atoms with Crippen LogP contribution < -0.4 is 9.47 Å². The Labute approximate surface area is 184 Å². The minimum Gasteiger partial charge on any atom is -0.497 e. The van der Waals surface area contributed by atoms with Gasteiger partial charge in [0.2, 0.25) is 10.0 Å². The predicted molar refractivity (Wildman–Crippen MR) is 121 cm³/mol. The highest BCUT2D eigenvalue weighted by Gasteiger charge is 2.20. The van der Waals surface area contributed by atoms with Crippen molar-refractivity contribution in [2.24, 2.45) is 0 Å². The van der Waals surface area contributed by atoms with Crippen LogP contribution in [0.2, 0.25) is 0 Å². The molecule has 0 aliphatic heterocycles. The van der Waals surface area contributed by atoms with Crippen molar-refractivity contribution >= 4 is 21.1 Å². The summed E-state index contributed by atoms with van der Waals surface area (Å²) in [4.78, 5) is 7.15. The molecule has 0 spiro atoms. The number of benzene rings is 2. The molecule has 0 bridgehead atoms. The molecule has 9 heteroatoms. The highest BCUT2D eigenvalue weighted by atomic mass is 32.2. The Balaban J connectivity index is 1.89. The van der Waals surface area contributed by atoms with Gasteiger partial charge in [-0.15, -0.1) is 0 Å². The Morgan fingerprint density at radius 1 is 1.00 bits per heavy atom. The van der Waals surface area contributed by atoms with Gasteiger partial charge in [0.1, 0.15) is 17.3 Å². The molecule has 3 rings (SSSR count). The second-order valence-electron chi connectivity index (χ2n) is 7.56. The number of imidazole rings is 1. The topological polar surface area (TPSA) is 76.9 Å². The fraction of sp³-hybridized carbons (Fsp3) is 0.409. The van der Waals surface area contributed by atoms with Gasteiger partial charge in [-0.2, -0.15) is 0 Å². The Hall–Kier alpha value is -2.62. The number of ether oxygens (including phenoxy) is 2. The van der Waals surface area contributed by atoms with Crippen LogP contribution in [-0.2, 0) is 29.7 Å². The number of aromatic nitrogens is 2. The fourth-order valence-electron chi connectivity index (χ4n) is 3.57. The molecule has 0 amide bonds. The zero-order valence-electron chi connectivity index (χ0n) is 18.9. The molecule has 0 aliphatic rings. The van der Waals surface area contributed by atoms with Gasteiger partial charge in [0.15, 0.2) is 0 Å². The van der Waals surface area contributed by atoms with Gasteiger partial charge in [-0.1, -0.05) is 6.07 Å². The zero-order chi connectivity index (χ0) is 22.8. The lowest BCUT2D eigenvalue weighted by Gasteiger charge is -2.19. The summed E-state index contributed by atoms with van der Waals surface area (Å²) in [6.45, 7) is 4.07. The third kappa shape index (κ3) is 4.68. The van der Waals surface area contributed by atoms with Crippen LogP contribution in [-0.4, -0.2) is 62.5 Å². The molecule has 8 nitrogen and oxygen atoms in total. The highest BCUT2D eigenvalue weighted by Crippen LogP contribution is 2.27. The van der Waals surface area contributed by atoms with Crippen LogP contribution in [0.15, 0.2) is 41.3 Å². The van der Waals surface area contributed by atoms with Crippen LogP contribution in [0.5, 0.6) is 11.5 Å². The van der Waals surface area contributed by atoms with Gasteiger partial charge in [0.25, 0.3) is 0 Å². The highest BCUT2D eigenvalue weighted by molar-refractivity contribution is 7.89. The van der Waals surface area contributed by atoms with E-state index in [1.807, 2.05) is 31.3 Å². The first-order valence-electron chi connectivity index (χ1n) is 10.0. The molecule has 168 valence electrons. The molecule has 2 aromatic carbocycles. The third-order valence-electron chi connectivity index (χ3n) is 5.24. The molecule has 0 radical (unpaired) electrons. The van der Waals surface area contributed by atoms with Crippen molar-refractivity contribution in [3.05, 3.63) is 47.8 Å². The van der Waals surface area contributed by atoms with E-state index in [2.05, 4.69) is 16.4 Å². The van der Waals surface area contributed by atoms with E-state index in [4.69, 9.17) is 14.5 Å². The van der Waals surface area contributed by atoms with Crippen LogP contribution in [0, 0.1) is 0 Å². The van der Waals surface area contributed by atoms with Crippen molar-refractivity contribution in [3.63, 3.8) is 0 Å². The van der Waals surface area contributed by atoms with Gasteiger partial charge in [-0.25, -0.2) is 17.7 Å². The number of rotatable bonds is 9. The van der Waals surface area contributed by atoms with Crippen molar-refractivity contribution in [2.45, 2.75) is 31.5 Å². The maximum atomic E-state index is 12.5. The SMILES string of the molecule is CCn1c(CN(C)Cc2ccc(OC)cc2OC)nc2cc(S(=O)(=O)N(C)C)ccc21. The maximum absolute atomic E-state index is 12.5. The zero-order valence-corrected chi connectivity index (χ0v) is 19.7. The van der Waals surface area contributed by atoms with Crippen LogP contribution in [0.25, 0.3) is 11.0 Å². The van der Waals surface area contributed by atoms with Crippen LogP contribution in [0.3, 0.4) is 0 Å². The van der Waals surface area contributed by atoms with Crippen molar-refractivity contribution < 1.29 is 17.9 Å². The Morgan fingerprint density at radius 3 is 2.35 bits per heavy atom. The van der Waals surface area contributed by atoms with Gasteiger partial charge in [0.05, 0.1) is 36.7 Å². The third-order valence-corrected chi connectivity index (χ3v) is 7.05. The number of fused-ring (bicyclic) bond motifs is 1.